The molecule has 3 aromatic rings. The number of ether oxygens (including phenoxy) is 2. The van der Waals surface area contributed by atoms with Gasteiger partial charge in [0.1, 0.15) is 0 Å². The van der Waals surface area contributed by atoms with E-state index >= 15 is 0 Å². The van der Waals surface area contributed by atoms with Crippen LogP contribution in [-0.2, 0) is 12.8 Å². The smallest absolute Gasteiger partial charge is 0.231 e. The molecule has 0 amide bonds. The van der Waals surface area contributed by atoms with Gasteiger partial charge < -0.3 is 20.1 Å². The average Bonchev–Trinajstić information content (AvgIpc) is 3.39. The Bertz CT molecular complexity index is 1110. The number of hydrogen-bond donors (Lipinski definition) is 1. The lowest BCUT2D eigenvalue weighted by molar-refractivity contribution is 0.174. The highest BCUT2D eigenvalue weighted by atomic mass is 16.7. The minimum Gasteiger partial charge on any atom is -0.454 e. The van der Waals surface area contributed by atoms with Crippen molar-refractivity contribution < 1.29 is 9.47 Å². The van der Waals surface area contributed by atoms with Crippen molar-refractivity contribution in [2.24, 2.45) is 5.73 Å². The SMILES string of the molecule is NC1CCN(c2c3c(nc4ccc(-c5ccc6c(c5)OCO6)cc24)CCCC3)C1. The summed E-state index contributed by atoms with van der Waals surface area (Å²) in [6.45, 7) is 2.26. The molecule has 5 heteroatoms. The summed E-state index contributed by atoms with van der Waals surface area (Å²) in [4.78, 5) is 7.56. The Labute approximate surface area is 170 Å². The van der Waals surface area contributed by atoms with Crippen LogP contribution in [0.25, 0.3) is 22.0 Å². The van der Waals surface area contributed by atoms with Crippen LogP contribution in [0.5, 0.6) is 11.5 Å². The quantitative estimate of drug-likeness (QED) is 0.719. The highest BCUT2D eigenvalue weighted by molar-refractivity contribution is 5.97. The molecule has 0 spiro atoms. The number of nitrogens with zero attached hydrogens (tertiary/aromatic N) is 2. The molecule has 3 heterocycles. The summed E-state index contributed by atoms with van der Waals surface area (Å²) in [5, 5.41) is 1.25. The standard InChI is InChI=1S/C24H25N3O2/c25-17-9-10-27(13-17)24-18-3-1-2-4-20(18)26-21-7-5-15(11-19(21)24)16-6-8-22-23(12-16)29-14-28-22/h5-8,11-12,17H,1-4,9-10,13-14,25H2. The predicted octanol–water partition coefficient (Wildman–Crippen LogP) is 4.05. The molecule has 2 N–H and O–H groups in total. The van der Waals surface area contributed by atoms with E-state index in [2.05, 4.69) is 35.2 Å². The van der Waals surface area contributed by atoms with Gasteiger partial charge in [0.05, 0.1) is 11.2 Å². The van der Waals surface area contributed by atoms with E-state index in [1.54, 1.807) is 0 Å². The first kappa shape index (κ1) is 17.1. The van der Waals surface area contributed by atoms with Gasteiger partial charge in [-0.25, -0.2) is 0 Å². The summed E-state index contributed by atoms with van der Waals surface area (Å²) in [6, 6.07) is 13.1. The summed E-state index contributed by atoms with van der Waals surface area (Å²) >= 11 is 0. The third-order valence-corrected chi connectivity index (χ3v) is 6.48. The third-order valence-electron chi connectivity index (χ3n) is 6.48. The van der Waals surface area contributed by atoms with E-state index < -0.39 is 0 Å². The Kier molecular flexibility index (Phi) is 3.91. The number of hydrogen-bond acceptors (Lipinski definition) is 5. The molecule has 1 aromatic heterocycles. The van der Waals surface area contributed by atoms with Crippen molar-refractivity contribution in [1.82, 2.24) is 4.98 Å². The van der Waals surface area contributed by atoms with Gasteiger partial charge in [0.15, 0.2) is 11.5 Å². The predicted molar refractivity (Wildman–Crippen MR) is 115 cm³/mol. The van der Waals surface area contributed by atoms with Crippen LogP contribution in [0.2, 0.25) is 0 Å². The second-order valence-electron chi connectivity index (χ2n) is 8.39. The third kappa shape index (κ3) is 2.84. The highest BCUT2D eigenvalue weighted by Gasteiger charge is 2.27. The fourth-order valence-corrected chi connectivity index (χ4v) is 5.01. The number of rotatable bonds is 2. The average molecular weight is 387 g/mol. The first-order valence-corrected chi connectivity index (χ1v) is 10.6. The van der Waals surface area contributed by atoms with E-state index in [1.807, 2.05) is 6.07 Å². The zero-order valence-electron chi connectivity index (χ0n) is 16.5. The molecule has 148 valence electrons. The van der Waals surface area contributed by atoms with Crippen molar-refractivity contribution in [1.29, 1.82) is 0 Å². The van der Waals surface area contributed by atoms with Gasteiger partial charge in [0.2, 0.25) is 6.79 Å². The monoisotopic (exact) mass is 387 g/mol. The summed E-state index contributed by atoms with van der Waals surface area (Å²) in [7, 11) is 0. The fourth-order valence-electron chi connectivity index (χ4n) is 5.01. The summed E-state index contributed by atoms with van der Waals surface area (Å²) in [5.74, 6) is 1.63. The maximum atomic E-state index is 6.27. The molecule has 1 atom stereocenters. The van der Waals surface area contributed by atoms with Crippen molar-refractivity contribution in [3.8, 4) is 22.6 Å². The molecule has 1 saturated heterocycles. The van der Waals surface area contributed by atoms with Gasteiger partial charge in [-0.3, -0.25) is 4.98 Å². The molecule has 3 aliphatic rings. The maximum Gasteiger partial charge on any atom is 0.231 e. The van der Waals surface area contributed by atoms with E-state index in [0.29, 0.717) is 6.79 Å². The van der Waals surface area contributed by atoms with Crippen molar-refractivity contribution in [2.45, 2.75) is 38.1 Å². The number of fused-ring (bicyclic) bond motifs is 3. The topological polar surface area (TPSA) is 60.6 Å². The number of aryl methyl sites for hydroxylation is 1. The number of nitrogens with two attached hydrogens (primary N) is 1. The van der Waals surface area contributed by atoms with Crippen LogP contribution in [0.15, 0.2) is 36.4 Å². The van der Waals surface area contributed by atoms with Crippen LogP contribution in [0.4, 0.5) is 5.69 Å². The largest absolute Gasteiger partial charge is 0.454 e. The van der Waals surface area contributed by atoms with Crippen LogP contribution < -0.4 is 20.1 Å². The number of benzene rings is 2. The van der Waals surface area contributed by atoms with Gasteiger partial charge in [-0.05, 0) is 73.1 Å². The van der Waals surface area contributed by atoms with Crippen molar-refractivity contribution in [3.63, 3.8) is 0 Å². The van der Waals surface area contributed by atoms with Gasteiger partial charge in [0.25, 0.3) is 0 Å². The lowest BCUT2D eigenvalue weighted by Gasteiger charge is -2.28. The van der Waals surface area contributed by atoms with Crippen molar-refractivity contribution >= 4 is 16.6 Å². The summed E-state index contributed by atoms with van der Waals surface area (Å²) in [6.07, 6.45) is 5.74. The zero-order valence-corrected chi connectivity index (χ0v) is 16.5. The molecule has 5 nitrogen and oxygen atoms in total. The van der Waals surface area contributed by atoms with Crippen LogP contribution in [0.1, 0.15) is 30.5 Å². The van der Waals surface area contributed by atoms with Gasteiger partial charge in [-0.2, -0.15) is 0 Å². The van der Waals surface area contributed by atoms with Gasteiger partial charge >= 0.3 is 0 Å². The first-order chi connectivity index (χ1) is 14.3. The lowest BCUT2D eigenvalue weighted by atomic mass is 9.91. The maximum absolute atomic E-state index is 6.27. The second-order valence-corrected chi connectivity index (χ2v) is 8.39. The van der Waals surface area contributed by atoms with Crippen LogP contribution in [0, 0.1) is 0 Å². The molecule has 1 unspecified atom stereocenters. The number of aromatic nitrogens is 1. The van der Waals surface area contributed by atoms with Crippen LogP contribution >= 0.6 is 0 Å². The minimum absolute atomic E-state index is 0.259. The molecular formula is C24H25N3O2. The fraction of sp³-hybridized carbons (Fsp3) is 0.375. The molecule has 1 fully saturated rings. The molecule has 2 aromatic carbocycles. The van der Waals surface area contributed by atoms with E-state index in [4.69, 9.17) is 20.2 Å². The normalized spacial score (nSPS) is 20.3. The Balaban J connectivity index is 1.53. The van der Waals surface area contributed by atoms with Crippen molar-refractivity contribution in [3.05, 3.63) is 47.7 Å². The van der Waals surface area contributed by atoms with Crippen LogP contribution in [0.3, 0.4) is 0 Å². The first-order valence-electron chi connectivity index (χ1n) is 10.6. The Hall–Kier alpha value is -2.79. The molecule has 0 saturated carbocycles. The Morgan fingerprint density at radius 1 is 0.966 bits per heavy atom. The molecule has 0 bridgehead atoms. The van der Waals surface area contributed by atoms with Crippen molar-refractivity contribution in [2.75, 3.05) is 24.8 Å². The minimum atomic E-state index is 0.259. The van der Waals surface area contributed by atoms with E-state index in [0.717, 1.165) is 54.9 Å². The molecule has 6 rings (SSSR count). The van der Waals surface area contributed by atoms with Gasteiger partial charge in [-0.15, -0.1) is 0 Å². The van der Waals surface area contributed by atoms with Gasteiger partial charge in [-0.1, -0.05) is 12.1 Å². The Morgan fingerprint density at radius 2 is 1.79 bits per heavy atom. The second kappa shape index (κ2) is 6.63. The number of anilines is 1. The molecule has 1 aliphatic carbocycles. The van der Waals surface area contributed by atoms with E-state index in [-0.39, 0.29) is 6.04 Å². The van der Waals surface area contributed by atoms with Crippen LogP contribution in [-0.4, -0.2) is 30.9 Å². The van der Waals surface area contributed by atoms with Gasteiger partial charge in [0, 0.05) is 30.2 Å². The summed E-state index contributed by atoms with van der Waals surface area (Å²) < 4.78 is 11.1. The zero-order chi connectivity index (χ0) is 19.4. The Morgan fingerprint density at radius 3 is 2.69 bits per heavy atom. The molecule has 29 heavy (non-hydrogen) atoms. The van der Waals surface area contributed by atoms with E-state index in [1.165, 1.54) is 40.7 Å². The molecule has 2 aliphatic heterocycles. The highest BCUT2D eigenvalue weighted by Crippen LogP contribution is 2.40. The lowest BCUT2D eigenvalue weighted by Crippen LogP contribution is -2.28. The molecule has 0 radical (unpaired) electrons. The number of pyridine rings is 1. The summed E-state index contributed by atoms with van der Waals surface area (Å²) in [5.41, 5.74) is 13.8. The molecular weight excluding hydrogens is 362 g/mol. The van der Waals surface area contributed by atoms with E-state index in [9.17, 15) is 0 Å².